The first-order valence-corrected chi connectivity index (χ1v) is 8.65. The van der Waals surface area contributed by atoms with Gasteiger partial charge in [-0.2, -0.15) is 0 Å². The average molecular weight is 378 g/mol. The largest absolute Gasteiger partial charge is 0.349 e. The lowest BCUT2D eigenvalue weighted by atomic mass is 10.2. The molecule has 1 aliphatic rings. The minimum atomic E-state index is -4.00. The summed E-state index contributed by atoms with van der Waals surface area (Å²) in [7, 11) is -4.00. The first-order chi connectivity index (χ1) is 11.7. The Morgan fingerprint density at radius 2 is 1.56 bits per heavy atom. The van der Waals surface area contributed by atoms with Gasteiger partial charge in [-0.1, -0.05) is 0 Å². The van der Waals surface area contributed by atoms with Crippen molar-refractivity contribution in [2.24, 2.45) is 0 Å². The van der Waals surface area contributed by atoms with Crippen LogP contribution in [0.15, 0.2) is 24.3 Å². The number of rotatable bonds is 5. The smallest absolute Gasteiger partial charge is 0.235 e. The summed E-state index contributed by atoms with van der Waals surface area (Å²) in [6.45, 7) is 0. The molecule has 0 aromatic heterocycles. The molecule has 2 aromatic rings. The standard InChI is InChI=1S/C15H11F5N2O2S/c16-7-1-4-12(9(17)5-7)21-15-13(20)10(18)6-11(19)14(15)22-25(23,24)8-2-3-8/h1,4-6,8,21-22H,2-3H2. The van der Waals surface area contributed by atoms with Crippen molar-refractivity contribution in [1.29, 1.82) is 0 Å². The summed E-state index contributed by atoms with van der Waals surface area (Å²) in [5, 5.41) is 1.32. The molecule has 134 valence electrons. The maximum absolute atomic E-state index is 14.1. The van der Waals surface area contributed by atoms with Crippen molar-refractivity contribution in [2.45, 2.75) is 18.1 Å². The van der Waals surface area contributed by atoms with E-state index in [2.05, 4.69) is 5.32 Å². The van der Waals surface area contributed by atoms with Crippen LogP contribution in [-0.2, 0) is 10.0 Å². The summed E-state index contributed by atoms with van der Waals surface area (Å²) in [4.78, 5) is 0. The highest BCUT2D eigenvalue weighted by atomic mass is 32.2. The Hall–Kier alpha value is -2.36. The maximum atomic E-state index is 14.1. The van der Waals surface area contributed by atoms with E-state index in [1.165, 1.54) is 0 Å². The molecule has 1 fully saturated rings. The third kappa shape index (κ3) is 3.53. The minimum absolute atomic E-state index is 0.173. The van der Waals surface area contributed by atoms with Gasteiger partial charge < -0.3 is 5.32 Å². The van der Waals surface area contributed by atoms with E-state index < -0.39 is 61.4 Å². The summed E-state index contributed by atoms with van der Waals surface area (Å²) in [5.74, 6) is -6.66. The second-order valence-corrected chi connectivity index (χ2v) is 7.46. The van der Waals surface area contributed by atoms with Crippen LogP contribution in [0, 0.1) is 29.1 Å². The SMILES string of the molecule is O=S(=O)(Nc1c(F)cc(F)c(F)c1Nc1ccc(F)cc1F)C1CC1. The number of sulfonamides is 1. The summed E-state index contributed by atoms with van der Waals surface area (Å²) in [5.41, 5.74) is -2.31. The molecule has 0 bridgehead atoms. The van der Waals surface area contributed by atoms with Crippen LogP contribution in [0.4, 0.5) is 39.0 Å². The summed E-state index contributed by atoms with van der Waals surface area (Å²) >= 11 is 0. The normalized spacial score (nSPS) is 14.4. The lowest BCUT2D eigenvalue weighted by Gasteiger charge is -2.16. The predicted molar refractivity (Wildman–Crippen MR) is 81.5 cm³/mol. The first kappa shape index (κ1) is 17.5. The van der Waals surface area contributed by atoms with E-state index in [4.69, 9.17) is 0 Å². The molecule has 25 heavy (non-hydrogen) atoms. The van der Waals surface area contributed by atoms with E-state index in [1.54, 1.807) is 0 Å². The second kappa shape index (κ2) is 6.17. The van der Waals surface area contributed by atoms with Gasteiger partial charge in [0.05, 0.1) is 10.9 Å². The molecule has 2 N–H and O–H groups in total. The van der Waals surface area contributed by atoms with Gasteiger partial charge in [0.15, 0.2) is 17.5 Å². The van der Waals surface area contributed by atoms with Crippen molar-refractivity contribution >= 4 is 27.1 Å². The van der Waals surface area contributed by atoms with E-state index in [0.29, 0.717) is 18.9 Å². The molecule has 0 spiro atoms. The molecule has 0 unspecified atom stereocenters. The van der Waals surface area contributed by atoms with E-state index >= 15 is 0 Å². The molecule has 3 rings (SSSR count). The lowest BCUT2D eigenvalue weighted by Crippen LogP contribution is -2.20. The Morgan fingerprint density at radius 1 is 0.880 bits per heavy atom. The fourth-order valence-corrected chi connectivity index (χ4v) is 3.55. The third-order valence-corrected chi connectivity index (χ3v) is 5.41. The van der Waals surface area contributed by atoms with Crippen LogP contribution >= 0.6 is 0 Å². The van der Waals surface area contributed by atoms with E-state index in [1.807, 2.05) is 4.72 Å². The average Bonchev–Trinajstić information content (AvgIpc) is 3.35. The zero-order valence-corrected chi connectivity index (χ0v) is 13.2. The molecule has 0 atom stereocenters. The fourth-order valence-electron chi connectivity index (χ4n) is 2.14. The molecule has 0 saturated heterocycles. The van der Waals surface area contributed by atoms with Crippen molar-refractivity contribution in [2.75, 3.05) is 10.0 Å². The predicted octanol–water partition coefficient (Wildman–Crippen LogP) is 4.03. The summed E-state index contributed by atoms with van der Waals surface area (Å²) in [6.07, 6.45) is 0.714. The molecule has 1 saturated carbocycles. The zero-order chi connectivity index (χ0) is 18.4. The van der Waals surface area contributed by atoms with Crippen LogP contribution in [0.5, 0.6) is 0 Å². The molecule has 0 radical (unpaired) electrons. The first-order valence-electron chi connectivity index (χ1n) is 7.10. The zero-order valence-electron chi connectivity index (χ0n) is 12.4. The van der Waals surface area contributed by atoms with Gasteiger partial charge in [0.25, 0.3) is 0 Å². The molecule has 0 heterocycles. The monoisotopic (exact) mass is 378 g/mol. The number of anilines is 3. The van der Waals surface area contributed by atoms with E-state index in [0.717, 1.165) is 12.1 Å². The van der Waals surface area contributed by atoms with Gasteiger partial charge in [-0.25, -0.2) is 30.4 Å². The van der Waals surface area contributed by atoms with Crippen LogP contribution in [0.3, 0.4) is 0 Å². The van der Waals surface area contributed by atoms with Crippen LogP contribution in [0.25, 0.3) is 0 Å². The van der Waals surface area contributed by atoms with Crippen LogP contribution < -0.4 is 10.0 Å². The van der Waals surface area contributed by atoms with Gasteiger partial charge in [-0.15, -0.1) is 0 Å². The summed E-state index contributed by atoms with van der Waals surface area (Å²) < 4.78 is 94.1. The highest BCUT2D eigenvalue weighted by Crippen LogP contribution is 2.37. The van der Waals surface area contributed by atoms with Gasteiger partial charge in [0.1, 0.15) is 23.0 Å². The molecular formula is C15H11F5N2O2S. The van der Waals surface area contributed by atoms with E-state index in [9.17, 15) is 30.4 Å². The molecule has 4 nitrogen and oxygen atoms in total. The van der Waals surface area contributed by atoms with Gasteiger partial charge in [0, 0.05) is 12.1 Å². The van der Waals surface area contributed by atoms with Crippen LogP contribution in [0.1, 0.15) is 12.8 Å². The van der Waals surface area contributed by atoms with Gasteiger partial charge in [-0.3, -0.25) is 4.72 Å². The molecule has 2 aromatic carbocycles. The second-order valence-electron chi connectivity index (χ2n) is 5.50. The Morgan fingerprint density at radius 3 is 2.16 bits per heavy atom. The Labute approximate surface area is 139 Å². The number of hydrogen-bond donors (Lipinski definition) is 2. The van der Waals surface area contributed by atoms with Crippen molar-refractivity contribution in [3.05, 3.63) is 53.4 Å². The van der Waals surface area contributed by atoms with Crippen molar-refractivity contribution in [3.63, 3.8) is 0 Å². The Balaban J connectivity index is 2.07. The minimum Gasteiger partial charge on any atom is -0.349 e. The fraction of sp³-hybridized carbons (Fsp3) is 0.200. The molecule has 0 amide bonds. The Bertz CT molecular complexity index is 945. The Kier molecular flexibility index (Phi) is 4.31. The highest BCUT2D eigenvalue weighted by molar-refractivity contribution is 7.93. The molecule has 10 heteroatoms. The molecule has 1 aliphatic carbocycles. The molecule has 0 aliphatic heterocycles. The number of benzene rings is 2. The third-order valence-electron chi connectivity index (χ3n) is 3.57. The van der Waals surface area contributed by atoms with Crippen LogP contribution in [-0.4, -0.2) is 13.7 Å². The van der Waals surface area contributed by atoms with Crippen LogP contribution in [0.2, 0.25) is 0 Å². The topological polar surface area (TPSA) is 58.2 Å². The number of halogens is 5. The lowest BCUT2D eigenvalue weighted by molar-refractivity contribution is 0.499. The maximum Gasteiger partial charge on any atom is 0.235 e. The van der Waals surface area contributed by atoms with Gasteiger partial charge in [0.2, 0.25) is 10.0 Å². The highest BCUT2D eigenvalue weighted by Gasteiger charge is 2.37. The summed E-state index contributed by atoms with van der Waals surface area (Å²) in [6, 6.07) is 2.37. The quantitative estimate of drug-likeness (QED) is 0.610. The number of nitrogens with one attached hydrogen (secondary N) is 2. The van der Waals surface area contributed by atoms with Gasteiger partial charge >= 0.3 is 0 Å². The number of hydrogen-bond acceptors (Lipinski definition) is 3. The van der Waals surface area contributed by atoms with Crippen molar-refractivity contribution < 1.29 is 30.4 Å². The van der Waals surface area contributed by atoms with Crippen molar-refractivity contribution in [1.82, 2.24) is 0 Å². The van der Waals surface area contributed by atoms with E-state index in [-0.39, 0.29) is 6.07 Å². The molecular weight excluding hydrogens is 367 g/mol. The van der Waals surface area contributed by atoms with Gasteiger partial charge in [-0.05, 0) is 25.0 Å². The van der Waals surface area contributed by atoms with Crippen molar-refractivity contribution in [3.8, 4) is 0 Å².